The number of benzene rings is 1. The lowest BCUT2D eigenvalue weighted by Gasteiger charge is -2.27. The number of carbonyl (C=O) groups excluding carboxylic acids is 2. The molecule has 0 saturated carbocycles. The molecule has 6 nitrogen and oxygen atoms in total. The van der Waals surface area contributed by atoms with Gasteiger partial charge in [0.25, 0.3) is 5.91 Å². The molecule has 2 amide bonds. The maximum atomic E-state index is 12.4. The average molecular weight is 338 g/mol. The normalized spacial score (nSPS) is 11.0. The molecule has 0 heterocycles. The minimum absolute atomic E-state index is 0.0585. The Morgan fingerprint density at radius 1 is 1.22 bits per heavy atom. The molecule has 4 N–H and O–H groups in total. The van der Waals surface area contributed by atoms with E-state index in [1.165, 1.54) is 11.8 Å². The largest absolute Gasteiger partial charge is 0.481 e. The van der Waals surface area contributed by atoms with E-state index in [4.69, 9.17) is 5.73 Å². The molecule has 0 unspecified atom stereocenters. The summed E-state index contributed by atoms with van der Waals surface area (Å²) in [6, 6.07) is 6.85. The predicted octanol–water partition coefficient (Wildman–Crippen LogP) is 1.88. The van der Waals surface area contributed by atoms with Gasteiger partial charge in [0.1, 0.15) is 0 Å². The quantitative estimate of drug-likeness (QED) is 0.596. The number of amides is 2. The van der Waals surface area contributed by atoms with Crippen molar-refractivity contribution in [1.29, 1.82) is 0 Å². The highest BCUT2D eigenvalue weighted by Gasteiger charge is 2.35. The zero-order valence-corrected chi connectivity index (χ0v) is 14.1. The van der Waals surface area contributed by atoms with Crippen molar-refractivity contribution < 1.29 is 19.5 Å². The Balaban J connectivity index is 2.86. The summed E-state index contributed by atoms with van der Waals surface area (Å²) in [5.74, 6) is -1.66. The first-order chi connectivity index (χ1) is 10.9. The van der Waals surface area contributed by atoms with Crippen molar-refractivity contribution in [3.05, 3.63) is 29.8 Å². The molecule has 0 aliphatic heterocycles. The first-order valence-electron chi connectivity index (χ1n) is 7.38. The molecule has 0 aliphatic rings. The fraction of sp³-hybridized carbons (Fsp3) is 0.438. The van der Waals surface area contributed by atoms with E-state index in [0.717, 1.165) is 0 Å². The summed E-state index contributed by atoms with van der Waals surface area (Å²) in [6.07, 6.45) is 0.856. The summed E-state index contributed by atoms with van der Waals surface area (Å²) in [5, 5.41) is 12.1. The monoisotopic (exact) mass is 338 g/mol. The smallest absolute Gasteiger partial charge is 0.311 e. The molecule has 126 valence electrons. The van der Waals surface area contributed by atoms with Crippen molar-refractivity contribution in [2.45, 2.75) is 31.6 Å². The lowest BCUT2D eigenvalue weighted by atomic mass is 9.82. The highest BCUT2D eigenvalue weighted by molar-refractivity contribution is 8.00. The van der Waals surface area contributed by atoms with Gasteiger partial charge in [0.2, 0.25) is 5.91 Å². The number of rotatable bonds is 9. The average Bonchev–Trinajstić information content (AvgIpc) is 2.54. The van der Waals surface area contributed by atoms with Gasteiger partial charge in [-0.25, -0.2) is 0 Å². The standard InChI is InChI=1S/C16H22N2O4S/c1-3-16(4-2,15(21)22)10-18-14(20)11-7-5-6-8-12(11)23-9-13(17)19/h5-8H,3-4,9-10H2,1-2H3,(H2,17,19)(H,18,20)(H,21,22). The van der Waals surface area contributed by atoms with Gasteiger partial charge in [-0.2, -0.15) is 0 Å². The summed E-state index contributed by atoms with van der Waals surface area (Å²) in [4.78, 5) is 35.4. The van der Waals surface area contributed by atoms with Gasteiger partial charge in [0.05, 0.1) is 16.7 Å². The molecular weight excluding hydrogens is 316 g/mol. The Morgan fingerprint density at radius 3 is 2.35 bits per heavy atom. The summed E-state index contributed by atoms with van der Waals surface area (Å²) < 4.78 is 0. The van der Waals surface area contributed by atoms with Crippen LogP contribution in [0, 0.1) is 5.41 Å². The Kier molecular flexibility index (Phi) is 7.09. The minimum atomic E-state index is -0.967. The van der Waals surface area contributed by atoms with Gasteiger partial charge in [-0.05, 0) is 25.0 Å². The molecule has 1 aromatic rings. The highest BCUT2D eigenvalue weighted by Crippen LogP contribution is 2.27. The van der Waals surface area contributed by atoms with Crippen molar-refractivity contribution >= 4 is 29.5 Å². The third-order valence-electron chi connectivity index (χ3n) is 3.90. The number of hydrogen-bond donors (Lipinski definition) is 3. The van der Waals surface area contributed by atoms with E-state index in [2.05, 4.69) is 5.32 Å². The molecular formula is C16H22N2O4S. The van der Waals surface area contributed by atoms with E-state index in [9.17, 15) is 19.5 Å². The number of carboxylic acids is 1. The van der Waals surface area contributed by atoms with E-state index < -0.39 is 17.3 Å². The third kappa shape index (κ3) is 4.99. The minimum Gasteiger partial charge on any atom is -0.481 e. The number of nitrogens with two attached hydrogens (primary N) is 1. The molecule has 0 aliphatic carbocycles. The van der Waals surface area contributed by atoms with Gasteiger partial charge in [-0.15, -0.1) is 11.8 Å². The van der Waals surface area contributed by atoms with E-state index in [1.54, 1.807) is 38.1 Å². The summed E-state index contributed by atoms with van der Waals surface area (Å²) >= 11 is 1.18. The zero-order chi connectivity index (χ0) is 17.5. The van der Waals surface area contributed by atoms with Crippen LogP contribution in [0.15, 0.2) is 29.2 Å². The Morgan fingerprint density at radius 2 is 1.83 bits per heavy atom. The summed E-state index contributed by atoms with van der Waals surface area (Å²) in [5.41, 5.74) is 4.57. The number of carbonyl (C=O) groups is 3. The predicted molar refractivity (Wildman–Crippen MR) is 89.3 cm³/mol. The second kappa shape index (κ2) is 8.57. The fourth-order valence-corrected chi connectivity index (χ4v) is 2.94. The van der Waals surface area contributed by atoms with Crippen LogP contribution in [0.25, 0.3) is 0 Å². The van der Waals surface area contributed by atoms with Gasteiger partial charge in [-0.1, -0.05) is 26.0 Å². The SMILES string of the molecule is CCC(CC)(CNC(=O)c1ccccc1SCC(N)=O)C(=O)O. The van der Waals surface area contributed by atoms with Crippen LogP contribution in [-0.4, -0.2) is 35.2 Å². The van der Waals surface area contributed by atoms with Gasteiger partial charge in [-0.3, -0.25) is 14.4 Å². The molecule has 0 saturated heterocycles. The molecule has 0 radical (unpaired) electrons. The first kappa shape index (κ1) is 19.0. The van der Waals surface area contributed by atoms with E-state index in [1.807, 2.05) is 0 Å². The van der Waals surface area contributed by atoms with Crippen molar-refractivity contribution in [2.24, 2.45) is 11.1 Å². The summed E-state index contributed by atoms with van der Waals surface area (Å²) in [7, 11) is 0. The van der Waals surface area contributed by atoms with Crippen molar-refractivity contribution in [3.63, 3.8) is 0 Å². The highest BCUT2D eigenvalue weighted by atomic mass is 32.2. The van der Waals surface area contributed by atoms with Crippen LogP contribution in [0.3, 0.4) is 0 Å². The number of aliphatic carboxylic acids is 1. The van der Waals surface area contributed by atoms with Gasteiger partial charge < -0.3 is 16.2 Å². The van der Waals surface area contributed by atoms with E-state index >= 15 is 0 Å². The lowest BCUT2D eigenvalue weighted by molar-refractivity contribution is -0.149. The van der Waals surface area contributed by atoms with Crippen LogP contribution >= 0.6 is 11.8 Å². The molecule has 7 heteroatoms. The topological polar surface area (TPSA) is 109 Å². The number of carboxylic acid groups (broad SMARTS) is 1. The van der Waals surface area contributed by atoms with Crippen LogP contribution < -0.4 is 11.1 Å². The van der Waals surface area contributed by atoms with Gasteiger partial charge in [0.15, 0.2) is 0 Å². The van der Waals surface area contributed by atoms with Crippen molar-refractivity contribution in [3.8, 4) is 0 Å². The lowest BCUT2D eigenvalue weighted by Crippen LogP contribution is -2.42. The Bertz CT molecular complexity index is 585. The number of thioether (sulfide) groups is 1. The fourth-order valence-electron chi connectivity index (χ4n) is 2.15. The van der Waals surface area contributed by atoms with E-state index in [-0.39, 0.29) is 18.2 Å². The second-order valence-electron chi connectivity index (χ2n) is 5.23. The van der Waals surface area contributed by atoms with E-state index in [0.29, 0.717) is 23.3 Å². The molecule has 0 fully saturated rings. The van der Waals surface area contributed by atoms with Gasteiger partial charge >= 0.3 is 5.97 Å². The molecule has 0 aromatic heterocycles. The maximum Gasteiger partial charge on any atom is 0.311 e. The van der Waals surface area contributed by atoms with Crippen LogP contribution in [0.2, 0.25) is 0 Å². The molecule has 1 aromatic carbocycles. The first-order valence-corrected chi connectivity index (χ1v) is 8.36. The molecule has 1 rings (SSSR count). The zero-order valence-electron chi connectivity index (χ0n) is 13.3. The van der Waals surface area contributed by atoms with Crippen LogP contribution in [0.5, 0.6) is 0 Å². The second-order valence-corrected chi connectivity index (χ2v) is 6.24. The van der Waals surface area contributed by atoms with Gasteiger partial charge in [0, 0.05) is 11.4 Å². The molecule has 0 bridgehead atoms. The molecule has 23 heavy (non-hydrogen) atoms. The summed E-state index contributed by atoms with van der Waals surface area (Å²) in [6.45, 7) is 3.64. The number of nitrogens with one attached hydrogen (secondary N) is 1. The maximum absolute atomic E-state index is 12.4. The van der Waals surface area contributed by atoms with Crippen LogP contribution in [0.1, 0.15) is 37.0 Å². The third-order valence-corrected chi connectivity index (χ3v) is 4.99. The van der Waals surface area contributed by atoms with Crippen LogP contribution in [-0.2, 0) is 9.59 Å². The Labute approximate surface area is 139 Å². The molecule has 0 spiro atoms. The van der Waals surface area contributed by atoms with Crippen LogP contribution in [0.4, 0.5) is 0 Å². The van der Waals surface area contributed by atoms with Crippen molar-refractivity contribution in [2.75, 3.05) is 12.3 Å². The number of primary amides is 1. The van der Waals surface area contributed by atoms with Crippen molar-refractivity contribution in [1.82, 2.24) is 5.32 Å². The number of hydrogen-bond acceptors (Lipinski definition) is 4. The molecule has 0 atom stereocenters. The Hall–Kier alpha value is -2.02.